The van der Waals surface area contributed by atoms with Crippen LogP contribution >= 0.6 is 0 Å². The third-order valence-electron chi connectivity index (χ3n) is 2.09. The summed E-state index contributed by atoms with van der Waals surface area (Å²) in [6.45, 7) is 4.38. The first-order valence-corrected chi connectivity index (χ1v) is 4.98. The highest BCUT2D eigenvalue weighted by Crippen LogP contribution is 2.03. The Morgan fingerprint density at radius 1 is 1.75 bits per heavy atom. The number of rotatable bonds is 4. The van der Waals surface area contributed by atoms with Crippen molar-refractivity contribution in [2.45, 2.75) is 6.04 Å². The van der Waals surface area contributed by atoms with E-state index in [1.807, 2.05) is 0 Å². The quantitative estimate of drug-likeness (QED) is 0.674. The van der Waals surface area contributed by atoms with E-state index in [9.17, 15) is 9.59 Å². The molecule has 0 aliphatic carbocycles. The molecule has 1 aliphatic rings. The molecule has 1 rings (SSSR count). The summed E-state index contributed by atoms with van der Waals surface area (Å²) < 4.78 is 9.78. The molecule has 0 aromatic rings. The van der Waals surface area contributed by atoms with Crippen molar-refractivity contribution in [3.63, 3.8) is 0 Å². The minimum Gasteiger partial charge on any atom is -0.445 e. The van der Waals surface area contributed by atoms with E-state index in [1.54, 1.807) is 7.11 Å². The Balaban J connectivity index is 2.49. The molecule has 16 heavy (non-hydrogen) atoms. The SMILES string of the molecule is C=CCOC(=O)N1CC(=O)N[C@@H](COC)C1. The average molecular weight is 228 g/mol. The number of nitrogens with one attached hydrogen (secondary N) is 1. The number of carbonyl (C=O) groups is 2. The van der Waals surface area contributed by atoms with E-state index >= 15 is 0 Å². The predicted octanol–water partition coefficient (Wildman–Crippen LogP) is -0.244. The number of ether oxygens (including phenoxy) is 2. The number of hydrogen-bond donors (Lipinski definition) is 1. The van der Waals surface area contributed by atoms with Crippen molar-refractivity contribution in [3.05, 3.63) is 12.7 Å². The standard InChI is InChI=1S/C10H16N2O4/c1-3-4-16-10(14)12-5-8(7-15-2)11-9(13)6-12/h3,8H,1,4-7H2,2H3,(H,11,13)/t8-/m1/s1. The Morgan fingerprint density at radius 3 is 3.12 bits per heavy atom. The van der Waals surface area contributed by atoms with Crippen molar-refractivity contribution in [3.8, 4) is 0 Å². The van der Waals surface area contributed by atoms with Crippen LogP contribution in [0.15, 0.2) is 12.7 Å². The van der Waals surface area contributed by atoms with Crippen LogP contribution in [0.4, 0.5) is 4.79 Å². The molecule has 0 spiro atoms. The molecule has 0 saturated carbocycles. The van der Waals surface area contributed by atoms with Gasteiger partial charge in [-0.1, -0.05) is 12.7 Å². The van der Waals surface area contributed by atoms with Crippen LogP contribution in [0.2, 0.25) is 0 Å². The highest BCUT2D eigenvalue weighted by Gasteiger charge is 2.28. The van der Waals surface area contributed by atoms with Crippen LogP contribution in [-0.4, -0.2) is 56.4 Å². The summed E-state index contributed by atoms with van der Waals surface area (Å²) in [7, 11) is 1.54. The first kappa shape index (κ1) is 12.5. The lowest BCUT2D eigenvalue weighted by Gasteiger charge is -2.31. The lowest BCUT2D eigenvalue weighted by Crippen LogP contribution is -2.57. The zero-order chi connectivity index (χ0) is 12.0. The molecule has 90 valence electrons. The van der Waals surface area contributed by atoms with Crippen LogP contribution in [-0.2, 0) is 14.3 Å². The lowest BCUT2D eigenvalue weighted by molar-refractivity contribution is -0.125. The molecule has 0 bridgehead atoms. The second-order valence-corrected chi connectivity index (χ2v) is 3.47. The Kier molecular flexibility index (Phi) is 4.78. The highest BCUT2D eigenvalue weighted by molar-refractivity contribution is 5.83. The maximum absolute atomic E-state index is 11.5. The van der Waals surface area contributed by atoms with Gasteiger partial charge in [0.25, 0.3) is 0 Å². The molecule has 1 heterocycles. The number of nitrogens with zero attached hydrogens (tertiary/aromatic N) is 1. The van der Waals surface area contributed by atoms with Gasteiger partial charge in [-0.3, -0.25) is 9.69 Å². The first-order chi connectivity index (χ1) is 7.67. The molecule has 0 unspecified atom stereocenters. The molecular formula is C10H16N2O4. The summed E-state index contributed by atoms with van der Waals surface area (Å²) in [5.74, 6) is -0.205. The third-order valence-corrected chi connectivity index (χ3v) is 2.09. The van der Waals surface area contributed by atoms with Gasteiger partial charge in [0.2, 0.25) is 5.91 Å². The van der Waals surface area contributed by atoms with Gasteiger partial charge in [0.1, 0.15) is 13.2 Å². The molecule has 1 N–H and O–H groups in total. The summed E-state index contributed by atoms with van der Waals surface area (Å²) >= 11 is 0. The summed E-state index contributed by atoms with van der Waals surface area (Å²) in [4.78, 5) is 24.1. The number of hydrogen-bond acceptors (Lipinski definition) is 4. The molecule has 0 radical (unpaired) electrons. The van der Waals surface area contributed by atoms with Crippen LogP contribution in [0.25, 0.3) is 0 Å². The second-order valence-electron chi connectivity index (χ2n) is 3.47. The van der Waals surface area contributed by atoms with Crippen LogP contribution < -0.4 is 5.32 Å². The van der Waals surface area contributed by atoms with Crippen molar-refractivity contribution in [1.29, 1.82) is 0 Å². The van der Waals surface area contributed by atoms with Gasteiger partial charge in [-0.15, -0.1) is 0 Å². The molecule has 6 nitrogen and oxygen atoms in total. The Bertz CT molecular complexity index is 280. The highest BCUT2D eigenvalue weighted by atomic mass is 16.6. The summed E-state index contributed by atoms with van der Waals surface area (Å²) in [6.07, 6.45) is 0.977. The van der Waals surface area contributed by atoms with Crippen molar-refractivity contribution in [1.82, 2.24) is 10.2 Å². The van der Waals surface area contributed by atoms with Gasteiger partial charge in [-0.05, 0) is 0 Å². The number of methoxy groups -OCH3 is 1. The minimum absolute atomic E-state index is 0.0240. The second kappa shape index (κ2) is 6.12. The Labute approximate surface area is 94.2 Å². The molecule has 1 atom stereocenters. The molecule has 0 aromatic heterocycles. The summed E-state index contributed by atoms with van der Waals surface area (Å²) in [5, 5.41) is 2.72. The van der Waals surface area contributed by atoms with Gasteiger partial charge in [0.15, 0.2) is 0 Å². The topological polar surface area (TPSA) is 67.9 Å². The maximum atomic E-state index is 11.5. The van der Waals surface area contributed by atoms with Gasteiger partial charge in [0.05, 0.1) is 12.6 Å². The molecular weight excluding hydrogens is 212 g/mol. The third kappa shape index (κ3) is 3.54. The van der Waals surface area contributed by atoms with Crippen LogP contribution in [0, 0.1) is 0 Å². The molecule has 6 heteroatoms. The van der Waals surface area contributed by atoms with Crippen molar-refractivity contribution in [2.24, 2.45) is 0 Å². The van der Waals surface area contributed by atoms with Crippen LogP contribution in [0.1, 0.15) is 0 Å². The molecule has 1 aliphatic heterocycles. The largest absolute Gasteiger partial charge is 0.445 e. The fraction of sp³-hybridized carbons (Fsp3) is 0.600. The van der Waals surface area contributed by atoms with Gasteiger partial charge in [0, 0.05) is 13.7 Å². The minimum atomic E-state index is -0.504. The maximum Gasteiger partial charge on any atom is 0.410 e. The fourth-order valence-electron chi connectivity index (χ4n) is 1.48. The van der Waals surface area contributed by atoms with Crippen molar-refractivity contribution >= 4 is 12.0 Å². The van der Waals surface area contributed by atoms with Gasteiger partial charge < -0.3 is 14.8 Å². The van der Waals surface area contributed by atoms with Crippen LogP contribution in [0.3, 0.4) is 0 Å². The number of amides is 2. The first-order valence-electron chi connectivity index (χ1n) is 4.98. The van der Waals surface area contributed by atoms with Crippen molar-refractivity contribution in [2.75, 3.05) is 33.4 Å². The smallest absolute Gasteiger partial charge is 0.410 e. The summed E-state index contributed by atoms with van der Waals surface area (Å²) in [6, 6.07) is -0.178. The zero-order valence-electron chi connectivity index (χ0n) is 9.27. The lowest BCUT2D eigenvalue weighted by atomic mass is 10.2. The number of carbonyl (C=O) groups excluding carboxylic acids is 2. The Morgan fingerprint density at radius 2 is 2.50 bits per heavy atom. The molecule has 0 aromatic carbocycles. The molecule has 2 amide bonds. The van der Waals surface area contributed by atoms with E-state index in [1.165, 1.54) is 11.0 Å². The normalized spacial score (nSPS) is 20.2. The monoisotopic (exact) mass is 228 g/mol. The van der Waals surface area contributed by atoms with E-state index < -0.39 is 6.09 Å². The van der Waals surface area contributed by atoms with E-state index in [4.69, 9.17) is 9.47 Å². The van der Waals surface area contributed by atoms with E-state index in [2.05, 4.69) is 11.9 Å². The number of piperazine rings is 1. The fourth-order valence-corrected chi connectivity index (χ4v) is 1.48. The van der Waals surface area contributed by atoms with E-state index in [-0.39, 0.29) is 25.1 Å². The molecule has 1 fully saturated rings. The van der Waals surface area contributed by atoms with Gasteiger partial charge in [-0.25, -0.2) is 4.79 Å². The Hall–Kier alpha value is -1.56. The zero-order valence-corrected chi connectivity index (χ0v) is 9.27. The predicted molar refractivity (Wildman–Crippen MR) is 56.9 cm³/mol. The molecule has 1 saturated heterocycles. The van der Waals surface area contributed by atoms with Crippen molar-refractivity contribution < 1.29 is 19.1 Å². The van der Waals surface area contributed by atoms with E-state index in [0.717, 1.165) is 0 Å². The van der Waals surface area contributed by atoms with Gasteiger partial charge in [-0.2, -0.15) is 0 Å². The van der Waals surface area contributed by atoms with Gasteiger partial charge >= 0.3 is 6.09 Å². The average Bonchev–Trinajstić information content (AvgIpc) is 2.25. The van der Waals surface area contributed by atoms with Crippen LogP contribution in [0.5, 0.6) is 0 Å². The van der Waals surface area contributed by atoms with E-state index in [0.29, 0.717) is 13.2 Å². The summed E-state index contributed by atoms with van der Waals surface area (Å²) in [5.41, 5.74) is 0.